The van der Waals surface area contributed by atoms with E-state index in [0.29, 0.717) is 13.0 Å². The van der Waals surface area contributed by atoms with Gasteiger partial charge in [-0.05, 0) is 37.1 Å². The van der Waals surface area contributed by atoms with Crippen molar-refractivity contribution in [3.8, 4) is 0 Å². The zero-order valence-electron chi connectivity index (χ0n) is 10.8. The van der Waals surface area contributed by atoms with E-state index in [-0.39, 0.29) is 17.7 Å². The van der Waals surface area contributed by atoms with Crippen molar-refractivity contribution in [3.63, 3.8) is 0 Å². The molecule has 2 atom stereocenters. The molecule has 2 nitrogen and oxygen atoms in total. The van der Waals surface area contributed by atoms with Crippen LogP contribution in [0.15, 0.2) is 18.2 Å². The minimum atomic E-state index is -4.28. The van der Waals surface area contributed by atoms with Crippen molar-refractivity contribution < 1.29 is 17.9 Å². The third-order valence-corrected chi connectivity index (χ3v) is 3.82. The number of fused-ring (bicyclic) bond motifs is 3. The SMILES string of the molecule is CC1(C)CN[C@@H]2c3ccc(C(F)(F)F)cc3C[C@@H]2O1. The predicted octanol–water partition coefficient (Wildman–Crippen LogP) is 3.07. The number of nitrogens with one attached hydrogen (secondary N) is 1. The molecule has 2 aliphatic rings. The molecule has 0 saturated carbocycles. The van der Waals surface area contributed by atoms with E-state index < -0.39 is 11.7 Å². The fourth-order valence-electron chi connectivity index (χ4n) is 2.96. The topological polar surface area (TPSA) is 21.3 Å². The summed E-state index contributed by atoms with van der Waals surface area (Å²) in [7, 11) is 0. The van der Waals surface area contributed by atoms with Gasteiger partial charge in [-0.25, -0.2) is 0 Å². The van der Waals surface area contributed by atoms with Crippen LogP contribution >= 0.6 is 0 Å². The van der Waals surface area contributed by atoms with Crippen molar-refractivity contribution in [1.82, 2.24) is 5.32 Å². The highest BCUT2D eigenvalue weighted by molar-refractivity contribution is 5.41. The molecule has 1 aromatic rings. The molecule has 1 saturated heterocycles. The summed E-state index contributed by atoms with van der Waals surface area (Å²) in [5.74, 6) is 0. The Bertz CT molecular complexity index is 510. The maximum Gasteiger partial charge on any atom is 0.416 e. The van der Waals surface area contributed by atoms with E-state index in [1.54, 1.807) is 6.07 Å². The first-order valence-corrected chi connectivity index (χ1v) is 6.37. The number of benzene rings is 1. The summed E-state index contributed by atoms with van der Waals surface area (Å²) in [6.07, 6.45) is -3.81. The highest BCUT2D eigenvalue weighted by Crippen LogP contribution is 2.40. The zero-order valence-corrected chi connectivity index (χ0v) is 10.8. The van der Waals surface area contributed by atoms with Gasteiger partial charge in [0.25, 0.3) is 0 Å². The molecular formula is C14H16F3NO. The molecule has 0 unspecified atom stereocenters. The van der Waals surface area contributed by atoms with Gasteiger partial charge in [-0.1, -0.05) is 6.07 Å². The van der Waals surface area contributed by atoms with E-state index >= 15 is 0 Å². The van der Waals surface area contributed by atoms with E-state index in [1.807, 2.05) is 13.8 Å². The third-order valence-electron chi connectivity index (χ3n) is 3.82. The van der Waals surface area contributed by atoms with Gasteiger partial charge >= 0.3 is 6.18 Å². The lowest BCUT2D eigenvalue weighted by atomic mass is 10.0. The van der Waals surface area contributed by atoms with Crippen LogP contribution in [0.4, 0.5) is 13.2 Å². The number of halogens is 3. The maximum atomic E-state index is 12.7. The van der Waals surface area contributed by atoms with Gasteiger partial charge in [-0.15, -0.1) is 0 Å². The fourth-order valence-corrected chi connectivity index (χ4v) is 2.96. The second-order valence-corrected chi connectivity index (χ2v) is 5.89. The summed E-state index contributed by atoms with van der Waals surface area (Å²) in [5.41, 5.74) is 0.837. The van der Waals surface area contributed by atoms with Crippen LogP contribution in [0.25, 0.3) is 0 Å². The zero-order chi connectivity index (χ0) is 13.8. The number of rotatable bonds is 0. The minimum Gasteiger partial charge on any atom is -0.369 e. The van der Waals surface area contributed by atoms with Gasteiger partial charge in [-0.2, -0.15) is 13.2 Å². The summed E-state index contributed by atoms with van der Waals surface area (Å²) in [5, 5.41) is 3.38. The smallest absolute Gasteiger partial charge is 0.369 e. The van der Waals surface area contributed by atoms with Crippen molar-refractivity contribution in [3.05, 3.63) is 34.9 Å². The van der Waals surface area contributed by atoms with Crippen molar-refractivity contribution >= 4 is 0 Å². The molecule has 1 aromatic carbocycles. The molecule has 0 spiro atoms. The molecule has 19 heavy (non-hydrogen) atoms. The molecule has 0 bridgehead atoms. The Labute approximate surface area is 109 Å². The van der Waals surface area contributed by atoms with Crippen LogP contribution in [0.1, 0.15) is 36.6 Å². The Hall–Kier alpha value is -1.07. The van der Waals surface area contributed by atoms with Gasteiger partial charge in [0.1, 0.15) is 0 Å². The van der Waals surface area contributed by atoms with Crippen molar-refractivity contribution in [2.75, 3.05) is 6.54 Å². The van der Waals surface area contributed by atoms with Crippen LogP contribution in [0.2, 0.25) is 0 Å². The van der Waals surface area contributed by atoms with Gasteiger partial charge in [0.15, 0.2) is 0 Å². The summed E-state index contributed by atoms with van der Waals surface area (Å²) in [6.45, 7) is 4.68. The third kappa shape index (κ3) is 2.25. The van der Waals surface area contributed by atoms with Crippen molar-refractivity contribution in [1.29, 1.82) is 0 Å². The molecule has 1 N–H and O–H groups in total. The summed E-state index contributed by atoms with van der Waals surface area (Å²) in [6, 6.07) is 4.01. The Kier molecular flexibility index (Phi) is 2.70. The van der Waals surface area contributed by atoms with Crippen LogP contribution < -0.4 is 5.32 Å². The first kappa shape index (κ1) is 12.9. The average molecular weight is 271 g/mol. The molecule has 1 aliphatic carbocycles. The van der Waals surface area contributed by atoms with E-state index in [0.717, 1.165) is 17.2 Å². The molecule has 0 amide bonds. The summed E-state index contributed by atoms with van der Waals surface area (Å²) >= 11 is 0. The minimum absolute atomic E-state index is 0.0188. The Morgan fingerprint density at radius 1 is 1.32 bits per heavy atom. The molecule has 5 heteroatoms. The lowest BCUT2D eigenvalue weighted by molar-refractivity contribution is -0.137. The Morgan fingerprint density at radius 2 is 2.05 bits per heavy atom. The molecule has 0 aromatic heterocycles. The normalized spacial score (nSPS) is 28.9. The molecule has 3 rings (SSSR count). The van der Waals surface area contributed by atoms with Crippen LogP contribution in [0, 0.1) is 0 Å². The quantitative estimate of drug-likeness (QED) is 0.783. The Morgan fingerprint density at radius 3 is 2.74 bits per heavy atom. The monoisotopic (exact) mass is 271 g/mol. The standard InChI is InChI=1S/C14H16F3NO/c1-13(2)7-18-12-10-4-3-9(14(15,16)17)5-8(10)6-11(12)19-13/h3-5,11-12,18H,6-7H2,1-2H3/t11-,12+/m0/s1. The number of morpholine rings is 1. The first-order valence-electron chi connectivity index (χ1n) is 6.37. The number of hydrogen-bond acceptors (Lipinski definition) is 2. The lowest BCUT2D eigenvalue weighted by Crippen LogP contribution is -2.50. The predicted molar refractivity (Wildman–Crippen MR) is 64.8 cm³/mol. The van der Waals surface area contributed by atoms with Crippen molar-refractivity contribution in [2.24, 2.45) is 0 Å². The molecule has 104 valence electrons. The number of alkyl halides is 3. The second kappa shape index (κ2) is 3.96. The highest BCUT2D eigenvalue weighted by atomic mass is 19.4. The Balaban J connectivity index is 1.92. The van der Waals surface area contributed by atoms with E-state index in [4.69, 9.17) is 4.74 Å². The van der Waals surface area contributed by atoms with E-state index in [2.05, 4.69) is 5.32 Å². The fraction of sp³-hybridized carbons (Fsp3) is 0.571. The first-order chi connectivity index (χ1) is 8.76. The van der Waals surface area contributed by atoms with Crippen LogP contribution in [0.5, 0.6) is 0 Å². The number of ether oxygens (including phenoxy) is 1. The number of hydrogen-bond donors (Lipinski definition) is 1. The van der Waals surface area contributed by atoms with E-state index in [9.17, 15) is 13.2 Å². The molecule has 0 radical (unpaired) electrons. The largest absolute Gasteiger partial charge is 0.416 e. The molecule has 1 aliphatic heterocycles. The summed E-state index contributed by atoms with van der Waals surface area (Å²) in [4.78, 5) is 0. The van der Waals surface area contributed by atoms with Crippen LogP contribution in [0.3, 0.4) is 0 Å². The van der Waals surface area contributed by atoms with Crippen LogP contribution in [-0.2, 0) is 17.3 Å². The second-order valence-electron chi connectivity index (χ2n) is 5.89. The van der Waals surface area contributed by atoms with Crippen LogP contribution in [-0.4, -0.2) is 18.2 Å². The summed E-state index contributed by atoms with van der Waals surface area (Å²) < 4.78 is 44.1. The molecule has 1 fully saturated rings. The van der Waals surface area contributed by atoms with Gasteiger partial charge in [-0.3, -0.25) is 0 Å². The average Bonchev–Trinajstić information content (AvgIpc) is 2.61. The lowest BCUT2D eigenvalue weighted by Gasteiger charge is -2.39. The van der Waals surface area contributed by atoms with Gasteiger partial charge in [0, 0.05) is 13.0 Å². The maximum absolute atomic E-state index is 12.7. The van der Waals surface area contributed by atoms with Gasteiger partial charge in [0.05, 0.1) is 23.3 Å². The molecule has 1 heterocycles. The van der Waals surface area contributed by atoms with Gasteiger partial charge in [0.2, 0.25) is 0 Å². The highest BCUT2D eigenvalue weighted by Gasteiger charge is 2.42. The van der Waals surface area contributed by atoms with Gasteiger partial charge < -0.3 is 10.1 Å². The van der Waals surface area contributed by atoms with Crippen molar-refractivity contribution in [2.45, 2.75) is 44.2 Å². The van der Waals surface area contributed by atoms with E-state index in [1.165, 1.54) is 6.07 Å². The molecular weight excluding hydrogens is 255 g/mol.